The SMILES string of the molecule is Cc1cc2c(N3CCCC(C)C3)ncnc2s1. The van der Waals surface area contributed by atoms with E-state index in [1.807, 2.05) is 0 Å². The van der Waals surface area contributed by atoms with E-state index in [2.05, 4.69) is 34.8 Å². The van der Waals surface area contributed by atoms with Crippen molar-refractivity contribution in [3.8, 4) is 0 Å². The Morgan fingerprint density at radius 2 is 2.29 bits per heavy atom. The topological polar surface area (TPSA) is 29.0 Å². The number of piperidine rings is 1. The van der Waals surface area contributed by atoms with Gasteiger partial charge < -0.3 is 4.90 Å². The predicted octanol–water partition coefficient (Wildman–Crippen LogP) is 3.24. The fraction of sp³-hybridized carbons (Fsp3) is 0.538. The van der Waals surface area contributed by atoms with Crippen molar-refractivity contribution in [3.63, 3.8) is 0 Å². The second-order valence-corrected chi connectivity index (χ2v) is 6.20. The summed E-state index contributed by atoms with van der Waals surface area (Å²) >= 11 is 1.75. The summed E-state index contributed by atoms with van der Waals surface area (Å²) in [7, 11) is 0. The van der Waals surface area contributed by atoms with E-state index < -0.39 is 0 Å². The average molecular weight is 247 g/mol. The van der Waals surface area contributed by atoms with Gasteiger partial charge in [0.05, 0.1) is 5.39 Å². The summed E-state index contributed by atoms with van der Waals surface area (Å²) in [5.74, 6) is 1.90. The van der Waals surface area contributed by atoms with Gasteiger partial charge in [-0.2, -0.15) is 0 Å². The van der Waals surface area contributed by atoms with Crippen molar-refractivity contribution < 1.29 is 0 Å². The van der Waals surface area contributed by atoms with Crippen LogP contribution >= 0.6 is 11.3 Å². The Morgan fingerprint density at radius 3 is 3.12 bits per heavy atom. The normalized spacial score (nSPS) is 21.1. The summed E-state index contributed by atoms with van der Waals surface area (Å²) in [6, 6.07) is 2.22. The number of nitrogens with zero attached hydrogens (tertiary/aromatic N) is 3. The van der Waals surface area contributed by atoms with Crippen molar-refractivity contribution in [2.24, 2.45) is 5.92 Å². The quantitative estimate of drug-likeness (QED) is 0.774. The van der Waals surface area contributed by atoms with Crippen LogP contribution in [0.5, 0.6) is 0 Å². The molecule has 17 heavy (non-hydrogen) atoms. The Balaban J connectivity index is 2.04. The monoisotopic (exact) mass is 247 g/mol. The number of fused-ring (bicyclic) bond motifs is 1. The van der Waals surface area contributed by atoms with E-state index in [1.54, 1.807) is 17.7 Å². The van der Waals surface area contributed by atoms with Crippen molar-refractivity contribution in [1.82, 2.24) is 9.97 Å². The van der Waals surface area contributed by atoms with Gasteiger partial charge in [0, 0.05) is 18.0 Å². The molecule has 0 radical (unpaired) electrons. The lowest BCUT2D eigenvalue weighted by Crippen LogP contribution is -2.34. The van der Waals surface area contributed by atoms with E-state index in [4.69, 9.17) is 0 Å². The minimum absolute atomic E-state index is 0.772. The van der Waals surface area contributed by atoms with Crippen LogP contribution in [0.4, 0.5) is 5.82 Å². The third-order valence-corrected chi connectivity index (χ3v) is 4.35. The second kappa shape index (κ2) is 4.26. The molecule has 1 aliphatic heterocycles. The van der Waals surface area contributed by atoms with Crippen molar-refractivity contribution in [2.45, 2.75) is 26.7 Å². The molecule has 1 atom stereocenters. The van der Waals surface area contributed by atoms with E-state index >= 15 is 0 Å². The first-order chi connectivity index (χ1) is 8.24. The maximum absolute atomic E-state index is 4.50. The Labute approximate surface area is 106 Å². The van der Waals surface area contributed by atoms with Crippen LogP contribution in [-0.2, 0) is 0 Å². The number of hydrogen-bond acceptors (Lipinski definition) is 4. The number of rotatable bonds is 1. The highest BCUT2D eigenvalue weighted by atomic mass is 32.1. The number of aryl methyl sites for hydroxylation is 1. The summed E-state index contributed by atoms with van der Waals surface area (Å²) in [4.78, 5) is 13.7. The molecule has 2 aromatic rings. The lowest BCUT2D eigenvalue weighted by atomic mass is 10.0. The second-order valence-electron chi connectivity index (χ2n) is 4.97. The van der Waals surface area contributed by atoms with E-state index in [0.717, 1.165) is 29.7 Å². The zero-order chi connectivity index (χ0) is 11.8. The molecule has 1 fully saturated rings. The molecule has 0 N–H and O–H groups in total. The molecule has 0 spiro atoms. The smallest absolute Gasteiger partial charge is 0.140 e. The maximum atomic E-state index is 4.50. The van der Waals surface area contributed by atoms with Crippen molar-refractivity contribution in [3.05, 3.63) is 17.3 Å². The Hall–Kier alpha value is -1.16. The van der Waals surface area contributed by atoms with Crippen LogP contribution in [0, 0.1) is 12.8 Å². The molecule has 0 bridgehead atoms. The van der Waals surface area contributed by atoms with Crippen molar-refractivity contribution in [2.75, 3.05) is 18.0 Å². The molecule has 1 saturated heterocycles. The van der Waals surface area contributed by atoms with E-state index in [1.165, 1.54) is 23.1 Å². The minimum Gasteiger partial charge on any atom is -0.356 e. The summed E-state index contributed by atoms with van der Waals surface area (Å²) in [5.41, 5.74) is 0. The molecule has 0 aromatic carbocycles. The van der Waals surface area contributed by atoms with Crippen LogP contribution in [0.25, 0.3) is 10.2 Å². The Morgan fingerprint density at radius 1 is 1.41 bits per heavy atom. The molecule has 4 heteroatoms. The van der Waals surface area contributed by atoms with Gasteiger partial charge in [-0.1, -0.05) is 6.92 Å². The average Bonchev–Trinajstić information content (AvgIpc) is 2.68. The van der Waals surface area contributed by atoms with Crippen LogP contribution in [-0.4, -0.2) is 23.1 Å². The molecule has 90 valence electrons. The zero-order valence-electron chi connectivity index (χ0n) is 10.3. The van der Waals surface area contributed by atoms with Gasteiger partial charge in [-0.15, -0.1) is 11.3 Å². The van der Waals surface area contributed by atoms with Gasteiger partial charge in [0.2, 0.25) is 0 Å². The lowest BCUT2D eigenvalue weighted by molar-refractivity contribution is 0.445. The largest absolute Gasteiger partial charge is 0.356 e. The molecule has 1 aliphatic rings. The standard InChI is InChI=1S/C13H17N3S/c1-9-4-3-5-16(7-9)12-11-6-10(2)17-13(11)15-8-14-12/h6,8-9H,3-5,7H2,1-2H3. The summed E-state index contributed by atoms with van der Waals surface area (Å²) < 4.78 is 0. The summed E-state index contributed by atoms with van der Waals surface area (Å²) in [5, 5.41) is 1.23. The van der Waals surface area contributed by atoms with Gasteiger partial charge in [0.15, 0.2) is 0 Å². The molecule has 0 saturated carbocycles. The third-order valence-electron chi connectivity index (χ3n) is 3.39. The minimum atomic E-state index is 0.772. The number of thiophene rings is 1. The van der Waals surface area contributed by atoms with E-state index in [9.17, 15) is 0 Å². The molecule has 3 heterocycles. The summed E-state index contributed by atoms with van der Waals surface area (Å²) in [6.07, 6.45) is 4.32. The van der Waals surface area contributed by atoms with E-state index in [-0.39, 0.29) is 0 Å². The molecule has 0 aliphatic carbocycles. The van der Waals surface area contributed by atoms with Gasteiger partial charge >= 0.3 is 0 Å². The highest BCUT2D eigenvalue weighted by Crippen LogP contribution is 2.31. The first-order valence-electron chi connectivity index (χ1n) is 6.20. The highest BCUT2D eigenvalue weighted by Gasteiger charge is 2.20. The van der Waals surface area contributed by atoms with Gasteiger partial charge in [-0.05, 0) is 31.7 Å². The zero-order valence-corrected chi connectivity index (χ0v) is 11.1. The fourth-order valence-electron chi connectivity index (χ4n) is 2.60. The Kier molecular flexibility index (Phi) is 2.74. The van der Waals surface area contributed by atoms with Gasteiger partial charge in [0.25, 0.3) is 0 Å². The molecule has 1 unspecified atom stereocenters. The highest BCUT2D eigenvalue weighted by molar-refractivity contribution is 7.18. The van der Waals surface area contributed by atoms with Crippen LogP contribution < -0.4 is 4.90 Å². The fourth-order valence-corrected chi connectivity index (χ4v) is 3.44. The number of anilines is 1. The molecule has 2 aromatic heterocycles. The predicted molar refractivity (Wildman–Crippen MR) is 72.8 cm³/mol. The van der Waals surface area contributed by atoms with Crippen molar-refractivity contribution >= 4 is 27.4 Å². The first kappa shape index (κ1) is 11.0. The Bertz CT molecular complexity index is 534. The van der Waals surface area contributed by atoms with Gasteiger partial charge in [-0.3, -0.25) is 0 Å². The maximum Gasteiger partial charge on any atom is 0.140 e. The van der Waals surface area contributed by atoms with Crippen LogP contribution in [0.1, 0.15) is 24.6 Å². The third kappa shape index (κ3) is 2.02. The van der Waals surface area contributed by atoms with Gasteiger partial charge in [0.1, 0.15) is 17.0 Å². The van der Waals surface area contributed by atoms with E-state index in [0.29, 0.717) is 0 Å². The molecule has 3 nitrogen and oxygen atoms in total. The van der Waals surface area contributed by atoms with Crippen LogP contribution in [0.2, 0.25) is 0 Å². The van der Waals surface area contributed by atoms with Gasteiger partial charge in [-0.25, -0.2) is 9.97 Å². The number of aromatic nitrogens is 2. The molecule has 0 amide bonds. The lowest BCUT2D eigenvalue weighted by Gasteiger charge is -2.32. The van der Waals surface area contributed by atoms with Crippen molar-refractivity contribution in [1.29, 1.82) is 0 Å². The summed E-state index contributed by atoms with van der Waals surface area (Å²) in [6.45, 7) is 6.71. The molecular weight excluding hydrogens is 230 g/mol. The number of hydrogen-bond donors (Lipinski definition) is 0. The molecule has 3 rings (SSSR count). The first-order valence-corrected chi connectivity index (χ1v) is 7.02. The van der Waals surface area contributed by atoms with Crippen LogP contribution in [0.15, 0.2) is 12.4 Å². The molecular formula is C13H17N3S. The van der Waals surface area contributed by atoms with Crippen LogP contribution in [0.3, 0.4) is 0 Å².